The predicted molar refractivity (Wildman–Crippen MR) is 71.2 cm³/mol. The van der Waals surface area contributed by atoms with E-state index in [2.05, 4.69) is 43.2 Å². The van der Waals surface area contributed by atoms with Crippen molar-refractivity contribution >= 4 is 11.3 Å². The minimum Gasteiger partial charge on any atom is -0.378 e. The third kappa shape index (κ3) is 5.57. The van der Waals surface area contributed by atoms with Crippen LogP contribution in [-0.4, -0.2) is 29.5 Å². The molecule has 0 saturated heterocycles. The highest BCUT2D eigenvalue weighted by molar-refractivity contribution is 7.11. The fourth-order valence-electron chi connectivity index (χ4n) is 1.34. The summed E-state index contributed by atoms with van der Waals surface area (Å²) in [4.78, 5) is 0. The van der Waals surface area contributed by atoms with Gasteiger partial charge in [0.2, 0.25) is 0 Å². The summed E-state index contributed by atoms with van der Waals surface area (Å²) in [7, 11) is 1.73. The first-order valence-corrected chi connectivity index (χ1v) is 6.82. The number of rotatable bonds is 7. The van der Waals surface area contributed by atoms with Crippen LogP contribution in [0.1, 0.15) is 37.7 Å². The van der Waals surface area contributed by atoms with Gasteiger partial charge in [-0.15, -0.1) is 21.5 Å². The smallest absolute Gasteiger partial charge is 0.131 e. The summed E-state index contributed by atoms with van der Waals surface area (Å²) < 4.78 is 5.39. The molecule has 0 atom stereocenters. The fraction of sp³-hybridized carbons (Fsp3) is 0.833. The molecule has 1 aromatic rings. The standard InChI is InChI=1S/C12H23N3OS/c1-9(2)7-13-8-11-15-14-10(17-11)6-12(3,4)16-5/h9,13H,6-8H2,1-5H3. The SMILES string of the molecule is COC(C)(C)Cc1nnc(CNCC(C)C)s1. The second kappa shape index (κ2) is 6.42. The van der Waals surface area contributed by atoms with E-state index in [4.69, 9.17) is 4.74 Å². The molecule has 0 unspecified atom stereocenters. The molecule has 0 radical (unpaired) electrons. The summed E-state index contributed by atoms with van der Waals surface area (Å²) in [6.45, 7) is 10.3. The topological polar surface area (TPSA) is 47.0 Å². The van der Waals surface area contributed by atoms with Crippen LogP contribution in [0.2, 0.25) is 0 Å². The summed E-state index contributed by atoms with van der Waals surface area (Å²) in [6.07, 6.45) is 0.811. The highest BCUT2D eigenvalue weighted by atomic mass is 32.1. The van der Waals surface area contributed by atoms with Crippen molar-refractivity contribution < 1.29 is 4.74 Å². The maximum Gasteiger partial charge on any atom is 0.131 e. The molecule has 0 aliphatic carbocycles. The molecule has 0 spiro atoms. The zero-order chi connectivity index (χ0) is 12.9. The average Bonchev–Trinajstić information content (AvgIpc) is 2.64. The number of aromatic nitrogens is 2. The van der Waals surface area contributed by atoms with E-state index < -0.39 is 0 Å². The van der Waals surface area contributed by atoms with Crippen molar-refractivity contribution in [2.24, 2.45) is 5.92 Å². The van der Waals surface area contributed by atoms with E-state index in [0.29, 0.717) is 5.92 Å². The summed E-state index contributed by atoms with van der Waals surface area (Å²) in [6, 6.07) is 0. The number of nitrogens with zero attached hydrogens (tertiary/aromatic N) is 2. The molecule has 0 aliphatic rings. The number of nitrogens with one attached hydrogen (secondary N) is 1. The van der Waals surface area contributed by atoms with E-state index in [1.165, 1.54) is 0 Å². The van der Waals surface area contributed by atoms with Crippen LogP contribution in [0.5, 0.6) is 0 Å². The minimum atomic E-state index is -0.165. The minimum absolute atomic E-state index is 0.165. The van der Waals surface area contributed by atoms with E-state index in [9.17, 15) is 0 Å². The van der Waals surface area contributed by atoms with Crippen molar-refractivity contribution in [2.75, 3.05) is 13.7 Å². The Morgan fingerprint density at radius 3 is 2.53 bits per heavy atom. The number of hydrogen-bond donors (Lipinski definition) is 1. The number of hydrogen-bond acceptors (Lipinski definition) is 5. The molecule has 98 valence electrons. The van der Waals surface area contributed by atoms with Crippen molar-refractivity contribution in [3.05, 3.63) is 10.0 Å². The first kappa shape index (κ1) is 14.5. The zero-order valence-electron chi connectivity index (χ0n) is 11.4. The Labute approximate surface area is 108 Å². The van der Waals surface area contributed by atoms with Gasteiger partial charge in [0.1, 0.15) is 10.0 Å². The van der Waals surface area contributed by atoms with Gasteiger partial charge in [0.05, 0.1) is 5.60 Å². The monoisotopic (exact) mass is 257 g/mol. The lowest BCUT2D eigenvalue weighted by Crippen LogP contribution is -2.25. The Bertz CT molecular complexity index is 336. The lowest BCUT2D eigenvalue weighted by Gasteiger charge is -2.20. The normalized spacial score (nSPS) is 12.4. The van der Waals surface area contributed by atoms with Crippen LogP contribution in [0.4, 0.5) is 0 Å². The third-order valence-electron chi connectivity index (χ3n) is 2.47. The largest absolute Gasteiger partial charge is 0.378 e. The van der Waals surface area contributed by atoms with Crippen LogP contribution in [0, 0.1) is 5.92 Å². The van der Waals surface area contributed by atoms with Gasteiger partial charge in [-0.2, -0.15) is 0 Å². The van der Waals surface area contributed by atoms with Gasteiger partial charge in [-0.1, -0.05) is 13.8 Å². The quantitative estimate of drug-likeness (QED) is 0.814. The molecule has 0 aromatic carbocycles. The first-order chi connectivity index (χ1) is 7.93. The van der Waals surface area contributed by atoms with E-state index in [-0.39, 0.29) is 5.60 Å². The highest BCUT2D eigenvalue weighted by Crippen LogP contribution is 2.19. The molecule has 0 saturated carbocycles. The lowest BCUT2D eigenvalue weighted by molar-refractivity contribution is 0.0230. The maximum atomic E-state index is 5.39. The van der Waals surface area contributed by atoms with Gasteiger partial charge in [0.15, 0.2) is 0 Å². The molecule has 17 heavy (non-hydrogen) atoms. The second-order valence-corrected chi connectivity index (χ2v) is 6.40. The van der Waals surface area contributed by atoms with Gasteiger partial charge in [0.25, 0.3) is 0 Å². The van der Waals surface area contributed by atoms with Crippen LogP contribution in [0.15, 0.2) is 0 Å². The molecule has 4 nitrogen and oxygen atoms in total. The van der Waals surface area contributed by atoms with Gasteiger partial charge >= 0.3 is 0 Å². The molecule has 5 heteroatoms. The zero-order valence-corrected chi connectivity index (χ0v) is 12.2. The Morgan fingerprint density at radius 1 is 1.29 bits per heavy atom. The number of ether oxygens (including phenoxy) is 1. The van der Waals surface area contributed by atoms with Crippen LogP contribution >= 0.6 is 11.3 Å². The highest BCUT2D eigenvalue weighted by Gasteiger charge is 2.19. The van der Waals surface area contributed by atoms with E-state index in [1.54, 1.807) is 18.4 Å². The third-order valence-corrected chi connectivity index (χ3v) is 3.39. The molecule has 1 rings (SSSR count). The summed E-state index contributed by atoms with van der Waals surface area (Å²) in [5.74, 6) is 0.662. The summed E-state index contributed by atoms with van der Waals surface area (Å²) >= 11 is 1.66. The Hall–Kier alpha value is -0.520. The van der Waals surface area contributed by atoms with Crippen molar-refractivity contribution in [3.8, 4) is 0 Å². The summed E-state index contributed by atoms with van der Waals surface area (Å²) in [5, 5.41) is 13.8. The van der Waals surface area contributed by atoms with Gasteiger partial charge < -0.3 is 10.1 Å². The van der Waals surface area contributed by atoms with Gasteiger partial charge in [-0.25, -0.2) is 0 Å². The summed E-state index contributed by atoms with van der Waals surface area (Å²) in [5.41, 5.74) is -0.165. The predicted octanol–water partition coefficient (Wildman–Crippen LogP) is 2.25. The molecule has 1 N–H and O–H groups in total. The van der Waals surface area contributed by atoms with Gasteiger partial charge in [-0.3, -0.25) is 0 Å². The molecule has 0 fully saturated rings. The molecular formula is C12H23N3OS. The average molecular weight is 257 g/mol. The van der Waals surface area contributed by atoms with Crippen molar-refractivity contribution in [1.29, 1.82) is 0 Å². The van der Waals surface area contributed by atoms with Crippen molar-refractivity contribution in [2.45, 2.75) is 46.3 Å². The maximum absolute atomic E-state index is 5.39. The Kier molecular flexibility index (Phi) is 5.49. The van der Waals surface area contributed by atoms with Crippen molar-refractivity contribution in [3.63, 3.8) is 0 Å². The van der Waals surface area contributed by atoms with Crippen LogP contribution < -0.4 is 5.32 Å². The molecule has 0 amide bonds. The molecule has 0 bridgehead atoms. The Morgan fingerprint density at radius 2 is 1.94 bits per heavy atom. The fourth-order valence-corrected chi connectivity index (χ4v) is 2.36. The second-order valence-electron chi connectivity index (χ2n) is 5.25. The van der Waals surface area contributed by atoms with Crippen molar-refractivity contribution in [1.82, 2.24) is 15.5 Å². The lowest BCUT2D eigenvalue weighted by atomic mass is 10.1. The van der Waals surface area contributed by atoms with E-state index in [1.807, 2.05) is 0 Å². The molecule has 1 heterocycles. The Balaban J connectivity index is 2.43. The molecule has 0 aliphatic heterocycles. The molecule has 1 aromatic heterocycles. The first-order valence-electron chi connectivity index (χ1n) is 6.00. The van der Waals surface area contributed by atoms with Crippen LogP contribution in [0.25, 0.3) is 0 Å². The van der Waals surface area contributed by atoms with E-state index in [0.717, 1.165) is 29.5 Å². The van der Waals surface area contributed by atoms with Crippen LogP contribution in [0.3, 0.4) is 0 Å². The van der Waals surface area contributed by atoms with E-state index >= 15 is 0 Å². The number of methoxy groups -OCH3 is 1. The molecular weight excluding hydrogens is 234 g/mol. The van der Waals surface area contributed by atoms with Crippen LogP contribution in [-0.2, 0) is 17.7 Å². The van der Waals surface area contributed by atoms with Gasteiger partial charge in [0, 0.05) is 20.1 Å². The van der Waals surface area contributed by atoms with Gasteiger partial charge in [-0.05, 0) is 26.3 Å².